The number of carbonyl (C=O) groups excluding carboxylic acids is 2. The Bertz CT molecular complexity index is 2240. The van der Waals surface area contributed by atoms with Gasteiger partial charge < -0.3 is 15.4 Å². The highest BCUT2D eigenvalue weighted by Crippen LogP contribution is 2.61. The molecule has 1 saturated heterocycles. The average Bonchev–Trinajstić information content (AvgIpc) is 3.29. The van der Waals surface area contributed by atoms with Gasteiger partial charge in [-0.2, -0.15) is 10.4 Å². The number of hydrogen-bond donors (Lipinski definition) is 2. The van der Waals surface area contributed by atoms with Gasteiger partial charge in [-0.05, 0) is 136 Å². The Morgan fingerprint density at radius 1 is 0.766 bits per heavy atom. The Labute approximate surface area is 378 Å². The number of likely N-dealkylation sites (tertiary alicyclic amines) is 1. The fraction of sp³-hybridized carbons (Fsp3) is 0.558. The third-order valence-corrected chi connectivity index (χ3v) is 14.3. The van der Waals surface area contributed by atoms with E-state index in [1.807, 2.05) is 30.3 Å². The van der Waals surface area contributed by atoms with Crippen molar-refractivity contribution in [3.05, 3.63) is 94.5 Å². The van der Waals surface area contributed by atoms with Gasteiger partial charge in [-0.25, -0.2) is 14.6 Å². The quantitative estimate of drug-likeness (QED) is 0.0742. The molecule has 0 spiro atoms. The summed E-state index contributed by atoms with van der Waals surface area (Å²) in [5, 5.41) is 20.2. The number of benzene rings is 2. The Balaban J connectivity index is 0.642. The van der Waals surface area contributed by atoms with Gasteiger partial charge in [-0.3, -0.25) is 19.3 Å². The molecule has 2 aromatic carbocycles. The molecule has 2 aromatic heterocycles. The van der Waals surface area contributed by atoms with Crippen LogP contribution in [-0.4, -0.2) is 75.8 Å². The van der Waals surface area contributed by atoms with E-state index in [1.54, 1.807) is 36.7 Å². The van der Waals surface area contributed by atoms with Crippen molar-refractivity contribution < 1.29 is 14.3 Å². The van der Waals surface area contributed by atoms with Gasteiger partial charge in [-0.1, -0.05) is 68.9 Å². The predicted molar refractivity (Wildman–Crippen MR) is 248 cm³/mol. The lowest BCUT2D eigenvalue weighted by Crippen LogP contribution is -2.48. The van der Waals surface area contributed by atoms with Crippen molar-refractivity contribution in [2.75, 3.05) is 39.3 Å². The molecular weight excluding hydrogens is 801 g/mol. The fourth-order valence-electron chi connectivity index (χ4n) is 11.4. The lowest BCUT2D eigenvalue weighted by atomic mass is 9.49. The number of nitrogens with zero attached hydrogens (tertiary/aromatic N) is 6. The van der Waals surface area contributed by atoms with E-state index in [4.69, 9.17) is 4.74 Å². The van der Waals surface area contributed by atoms with Crippen molar-refractivity contribution in [3.63, 3.8) is 0 Å². The van der Waals surface area contributed by atoms with Crippen LogP contribution in [0.1, 0.15) is 120 Å². The monoisotopic (exact) mass is 867 g/mol. The summed E-state index contributed by atoms with van der Waals surface area (Å²) < 4.78 is 7.52. The number of amides is 2. The van der Waals surface area contributed by atoms with Crippen LogP contribution in [0.15, 0.2) is 77.9 Å². The van der Waals surface area contributed by atoms with Crippen LogP contribution in [0.3, 0.4) is 0 Å². The van der Waals surface area contributed by atoms with Crippen molar-refractivity contribution in [2.45, 2.75) is 116 Å². The summed E-state index contributed by atoms with van der Waals surface area (Å²) in [5.74, 6) is 4.71. The van der Waals surface area contributed by atoms with Crippen molar-refractivity contribution in [1.29, 1.82) is 5.26 Å². The van der Waals surface area contributed by atoms with Gasteiger partial charge >= 0.3 is 0 Å². The summed E-state index contributed by atoms with van der Waals surface area (Å²) in [5.41, 5.74) is 3.74. The number of carbonyl (C=O) groups is 2. The molecule has 4 aromatic rings. The van der Waals surface area contributed by atoms with E-state index < -0.39 is 0 Å². The van der Waals surface area contributed by atoms with E-state index in [0.717, 1.165) is 99.1 Å². The molecule has 0 unspecified atom stereocenters. The normalized spacial score (nSPS) is 21.6. The highest BCUT2D eigenvalue weighted by Gasteiger charge is 2.51. The standard InChI is InChI=1S/C52H66N8O4/c53-32-39-11-9-13-44(26-39)47-15-16-50(63)60(58-47)35-40-12-10-14-45(27-40)51-56-33-46(34-57-51)64-37-38-17-21-59(22-18-38)36-49(62)55-20-8-6-4-2-1-3-5-7-19-54-48(61)31-52-28-41-23-42(29-52)25-43(24-41)30-52/h9-16,26-27,33-34,38,41-43H,1-8,17-25,28-31,35-37H2,(H,54,61)(H,55,62). The van der Waals surface area contributed by atoms with E-state index in [0.29, 0.717) is 53.2 Å². The number of rotatable bonds is 22. The number of piperidine rings is 1. The molecule has 1 aliphatic heterocycles. The minimum absolute atomic E-state index is 0.112. The molecule has 0 atom stereocenters. The van der Waals surface area contributed by atoms with Gasteiger partial charge in [-0.15, -0.1) is 0 Å². The molecule has 4 saturated carbocycles. The van der Waals surface area contributed by atoms with Crippen molar-refractivity contribution in [1.82, 2.24) is 35.3 Å². The summed E-state index contributed by atoms with van der Waals surface area (Å²) >= 11 is 0. The van der Waals surface area contributed by atoms with E-state index >= 15 is 0 Å². The van der Waals surface area contributed by atoms with Crippen molar-refractivity contribution in [3.8, 4) is 34.5 Å². The molecule has 5 aliphatic rings. The summed E-state index contributed by atoms with van der Waals surface area (Å²) in [6.45, 7) is 4.63. The van der Waals surface area contributed by atoms with E-state index in [9.17, 15) is 19.6 Å². The molecule has 12 heteroatoms. The smallest absolute Gasteiger partial charge is 0.267 e. The molecule has 9 rings (SSSR count). The minimum atomic E-state index is -0.217. The number of ether oxygens (including phenoxy) is 1. The molecule has 3 heterocycles. The zero-order chi connectivity index (χ0) is 44.1. The van der Waals surface area contributed by atoms with Gasteiger partial charge in [0.05, 0.1) is 49.4 Å². The van der Waals surface area contributed by atoms with Gasteiger partial charge in [0.1, 0.15) is 0 Å². The second kappa shape index (κ2) is 22.0. The Morgan fingerprint density at radius 3 is 2.06 bits per heavy atom. The molecule has 4 bridgehead atoms. The summed E-state index contributed by atoms with van der Waals surface area (Å²) in [6.07, 6.45) is 23.7. The SMILES string of the molecule is N#Cc1cccc(-c2ccc(=O)n(Cc3cccc(-c4ncc(OCC5CCN(CC(=O)NCCCCCCCCCCNC(=O)CC67CC8CC(CC(C8)C6)C7)CC5)cn4)c3)n2)c1. The van der Waals surface area contributed by atoms with Crippen LogP contribution in [0.25, 0.3) is 22.6 Å². The number of hydrogen-bond acceptors (Lipinski definition) is 9. The van der Waals surface area contributed by atoms with Gasteiger partial charge in [0, 0.05) is 36.7 Å². The first-order chi connectivity index (χ1) is 31.3. The summed E-state index contributed by atoms with van der Waals surface area (Å²) in [4.78, 5) is 49.5. The maximum Gasteiger partial charge on any atom is 0.267 e. The lowest BCUT2D eigenvalue weighted by Gasteiger charge is -2.56. The lowest BCUT2D eigenvalue weighted by molar-refractivity contribution is -0.129. The van der Waals surface area contributed by atoms with Crippen LogP contribution < -0.4 is 20.9 Å². The molecule has 2 amide bonds. The molecule has 2 N–H and O–H groups in total. The highest BCUT2D eigenvalue weighted by molar-refractivity contribution is 5.78. The minimum Gasteiger partial charge on any atom is -0.490 e. The van der Waals surface area contributed by atoms with Gasteiger partial charge in [0.25, 0.3) is 5.56 Å². The van der Waals surface area contributed by atoms with E-state index in [2.05, 4.69) is 36.7 Å². The molecule has 338 valence electrons. The van der Waals surface area contributed by atoms with E-state index in [-0.39, 0.29) is 18.0 Å². The zero-order valence-corrected chi connectivity index (χ0v) is 37.5. The number of unbranched alkanes of at least 4 members (excludes halogenated alkanes) is 7. The van der Waals surface area contributed by atoms with Crippen LogP contribution in [0.2, 0.25) is 0 Å². The first-order valence-electron chi connectivity index (χ1n) is 24.2. The fourth-order valence-corrected chi connectivity index (χ4v) is 11.4. The maximum absolute atomic E-state index is 12.8. The molecule has 64 heavy (non-hydrogen) atoms. The molecule has 5 fully saturated rings. The second-order valence-electron chi connectivity index (χ2n) is 19.5. The zero-order valence-electron chi connectivity index (χ0n) is 37.5. The largest absolute Gasteiger partial charge is 0.490 e. The van der Waals surface area contributed by atoms with Crippen LogP contribution in [0.5, 0.6) is 5.75 Å². The molecule has 12 nitrogen and oxygen atoms in total. The first-order valence-corrected chi connectivity index (χ1v) is 24.2. The average molecular weight is 867 g/mol. The van der Waals surface area contributed by atoms with Crippen LogP contribution in [0.4, 0.5) is 0 Å². The molecule has 0 radical (unpaired) electrons. The Morgan fingerprint density at radius 2 is 1.39 bits per heavy atom. The predicted octanol–water partition coefficient (Wildman–Crippen LogP) is 8.34. The summed E-state index contributed by atoms with van der Waals surface area (Å²) in [6, 6.07) is 20.2. The van der Waals surface area contributed by atoms with Crippen LogP contribution in [-0.2, 0) is 16.1 Å². The second-order valence-corrected chi connectivity index (χ2v) is 19.5. The number of nitrogens with one attached hydrogen (secondary N) is 2. The number of aromatic nitrogens is 4. The maximum atomic E-state index is 12.8. The molecule has 4 aliphatic carbocycles. The third-order valence-electron chi connectivity index (χ3n) is 14.3. The third kappa shape index (κ3) is 12.6. The first kappa shape index (κ1) is 45.2. The topological polar surface area (TPSA) is 155 Å². The van der Waals surface area contributed by atoms with Crippen molar-refractivity contribution in [2.24, 2.45) is 29.1 Å². The van der Waals surface area contributed by atoms with E-state index in [1.165, 1.54) is 81.4 Å². The Hall–Kier alpha value is -5.41. The van der Waals surface area contributed by atoms with Crippen LogP contribution in [0, 0.1) is 40.4 Å². The highest BCUT2D eigenvalue weighted by atomic mass is 16.5. The molecular formula is C52H66N8O4. The van der Waals surface area contributed by atoms with Crippen LogP contribution >= 0.6 is 0 Å². The van der Waals surface area contributed by atoms with Gasteiger partial charge in [0.15, 0.2) is 11.6 Å². The Kier molecular flexibility index (Phi) is 15.5. The number of nitriles is 1. The summed E-state index contributed by atoms with van der Waals surface area (Å²) in [7, 11) is 0. The van der Waals surface area contributed by atoms with Gasteiger partial charge in [0.2, 0.25) is 11.8 Å². The van der Waals surface area contributed by atoms with Crippen molar-refractivity contribution >= 4 is 11.8 Å².